The molecule has 0 fully saturated rings. The van der Waals surface area contributed by atoms with Gasteiger partial charge in [-0.15, -0.1) is 0 Å². The van der Waals surface area contributed by atoms with Gasteiger partial charge >= 0.3 is 0 Å². The van der Waals surface area contributed by atoms with Gasteiger partial charge < -0.3 is 9.64 Å². The average molecular weight is 257 g/mol. The van der Waals surface area contributed by atoms with E-state index in [9.17, 15) is 4.79 Å². The van der Waals surface area contributed by atoms with Gasteiger partial charge in [0.25, 0.3) is 0 Å². The Morgan fingerprint density at radius 3 is 2.89 bits per heavy atom. The number of nitrogens with zero attached hydrogens (tertiary/aromatic N) is 3. The molecule has 0 unspecified atom stereocenters. The van der Waals surface area contributed by atoms with Crippen molar-refractivity contribution < 1.29 is 9.53 Å². The summed E-state index contributed by atoms with van der Waals surface area (Å²) in [5, 5.41) is 17.2. The maximum absolute atomic E-state index is 11.6. The largest absolute Gasteiger partial charge is 0.493 e. The smallest absolute Gasteiger partial charge is 0.225 e. The number of ether oxygens (including phenoxy) is 1. The monoisotopic (exact) mass is 257 g/mol. The first-order valence-corrected chi connectivity index (χ1v) is 5.91. The van der Waals surface area contributed by atoms with Crippen LogP contribution in [0.2, 0.25) is 0 Å². The summed E-state index contributed by atoms with van der Waals surface area (Å²) in [5.74, 6) is 0.512. The number of hydrogen-bond donors (Lipinski definition) is 0. The molecule has 0 radical (unpaired) electrons. The van der Waals surface area contributed by atoms with E-state index in [4.69, 9.17) is 15.3 Å². The van der Waals surface area contributed by atoms with Crippen LogP contribution in [0.15, 0.2) is 24.3 Å². The Hall–Kier alpha value is -2.53. The van der Waals surface area contributed by atoms with E-state index in [1.54, 1.807) is 31.3 Å². The lowest BCUT2D eigenvalue weighted by Gasteiger charge is -2.15. The SMILES string of the molecule is CN(CCC#N)C(=O)CCOc1cccc(C#N)c1. The summed E-state index contributed by atoms with van der Waals surface area (Å²) in [6, 6.07) is 10.8. The molecule has 5 heteroatoms. The van der Waals surface area contributed by atoms with Gasteiger partial charge in [-0.05, 0) is 18.2 Å². The third-order valence-electron chi connectivity index (χ3n) is 2.53. The first-order chi connectivity index (χ1) is 9.17. The molecule has 0 aliphatic carbocycles. The van der Waals surface area contributed by atoms with Crippen molar-refractivity contribution in [1.82, 2.24) is 4.90 Å². The summed E-state index contributed by atoms with van der Waals surface area (Å²) in [5.41, 5.74) is 0.523. The summed E-state index contributed by atoms with van der Waals surface area (Å²) >= 11 is 0. The average Bonchev–Trinajstić information content (AvgIpc) is 2.44. The van der Waals surface area contributed by atoms with Crippen molar-refractivity contribution in [3.05, 3.63) is 29.8 Å². The maximum atomic E-state index is 11.6. The molecule has 0 aliphatic heterocycles. The van der Waals surface area contributed by atoms with E-state index >= 15 is 0 Å². The van der Waals surface area contributed by atoms with E-state index in [0.717, 1.165) is 0 Å². The van der Waals surface area contributed by atoms with Gasteiger partial charge in [-0.25, -0.2) is 0 Å². The van der Waals surface area contributed by atoms with Gasteiger partial charge in [0.2, 0.25) is 5.91 Å². The molecule has 0 heterocycles. The van der Waals surface area contributed by atoms with E-state index in [0.29, 0.717) is 24.3 Å². The van der Waals surface area contributed by atoms with Crippen molar-refractivity contribution in [2.75, 3.05) is 20.2 Å². The zero-order chi connectivity index (χ0) is 14.1. The van der Waals surface area contributed by atoms with E-state index in [2.05, 4.69) is 0 Å². The maximum Gasteiger partial charge on any atom is 0.225 e. The Labute approximate surface area is 112 Å². The van der Waals surface area contributed by atoms with Gasteiger partial charge in [-0.1, -0.05) is 6.07 Å². The molecule has 98 valence electrons. The summed E-state index contributed by atoms with van der Waals surface area (Å²) in [4.78, 5) is 13.2. The lowest BCUT2D eigenvalue weighted by atomic mass is 10.2. The molecular weight excluding hydrogens is 242 g/mol. The molecule has 0 bridgehead atoms. The Balaban J connectivity index is 2.36. The van der Waals surface area contributed by atoms with Crippen molar-refractivity contribution in [2.24, 2.45) is 0 Å². The molecular formula is C14H15N3O2. The molecule has 0 aliphatic rings. The first-order valence-electron chi connectivity index (χ1n) is 5.91. The Morgan fingerprint density at radius 2 is 2.21 bits per heavy atom. The van der Waals surface area contributed by atoms with Gasteiger partial charge in [-0.3, -0.25) is 4.79 Å². The fourth-order valence-corrected chi connectivity index (χ4v) is 1.44. The predicted octanol–water partition coefficient (Wildman–Crippen LogP) is 1.70. The fraction of sp³-hybridized carbons (Fsp3) is 0.357. The third-order valence-corrected chi connectivity index (χ3v) is 2.53. The minimum atomic E-state index is -0.0633. The van der Waals surface area contributed by atoms with Crippen LogP contribution >= 0.6 is 0 Å². The topological polar surface area (TPSA) is 77.1 Å². The molecule has 1 aromatic carbocycles. The predicted molar refractivity (Wildman–Crippen MR) is 69.1 cm³/mol. The van der Waals surface area contributed by atoms with E-state index in [1.807, 2.05) is 12.1 Å². The number of rotatable bonds is 6. The zero-order valence-electron chi connectivity index (χ0n) is 10.8. The molecule has 0 N–H and O–H groups in total. The summed E-state index contributed by atoms with van der Waals surface area (Å²) < 4.78 is 5.41. The van der Waals surface area contributed by atoms with Crippen molar-refractivity contribution in [1.29, 1.82) is 10.5 Å². The second kappa shape index (κ2) is 7.73. The highest BCUT2D eigenvalue weighted by molar-refractivity contribution is 5.75. The van der Waals surface area contributed by atoms with Gasteiger partial charge in [0.05, 0.1) is 37.2 Å². The number of benzene rings is 1. The van der Waals surface area contributed by atoms with Gasteiger partial charge in [0, 0.05) is 13.6 Å². The van der Waals surface area contributed by atoms with E-state index < -0.39 is 0 Å². The molecule has 1 amide bonds. The summed E-state index contributed by atoms with van der Waals surface area (Å²) in [7, 11) is 1.66. The van der Waals surface area contributed by atoms with Crippen molar-refractivity contribution in [3.63, 3.8) is 0 Å². The van der Waals surface area contributed by atoms with Crippen molar-refractivity contribution in [2.45, 2.75) is 12.8 Å². The molecule has 19 heavy (non-hydrogen) atoms. The van der Waals surface area contributed by atoms with Gasteiger partial charge in [-0.2, -0.15) is 10.5 Å². The standard InChI is InChI=1S/C14H15N3O2/c1-17(8-3-7-15)14(18)6-9-19-13-5-2-4-12(10-13)11-16/h2,4-5,10H,3,6,8-9H2,1H3. The van der Waals surface area contributed by atoms with Crippen LogP contribution in [0.1, 0.15) is 18.4 Å². The van der Waals surface area contributed by atoms with Crippen LogP contribution in [0.3, 0.4) is 0 Å². The highest BCUT2D eigenvalue weighted by atomic mass is 16.5. The molecule has 0 aromatic heterocycles. The Morgan fingerprint density at radius 1 is 1.42 bits per heavy atom. The van der Waals surface area contributed by atoms with Crippen molar-refractivity contribution >= 4 is 5.91 Å². The quantitative estimate of drug-likeness (QED) is 0.777. The van der Waals surface area contributed by atoms with Crippen LogP contribution in [0, 0.1) is 22.7 Å². The molecule has 0 spiro atoms. The molecule has 0 saturated carbocycles. The van der Waals surface area contributed by atoms with E-state index in [1.165, 1.54) is 4.90 Å². The molecule has 5 nitrogen and oxygen atoms in total. The highest BCUT2D eigenvalue weighted by Crippen LogP contribution is 2.12. The number of amides is 1. The number of carbonyl (C=O) groups excluding carboxylic acids is 1. The highest BCUT2D eigenvalue weighted by Gasteiger charge is 2.08. The minimum absolute atomic E-state index is 0.0633. The number of nitriles is 2. The van der Waals surface area contributed by atoms with Gasteiger partial charge in [0.15, 0.2) is 0 Å². The zero-order valence-corrected chi connectivity index (χ0v) is 10.8. The van der Waals surface area contributed by atoms with Crippen LogP contribution in [-0.4, -0.2) is 31.0 Å². The van der Waals surface area contributed by atoms with Crippen LogP contribution < -0.4 is 4.74 Å². The molecule has 0 atom stereocenters. The van der Waals surface area contributed by atoms with Gasteiger partial charge in [0.1, 0.15) is 5.75 Å². The second-order valence-electron chi connectivity index (χ2n) is 3.96. The minimum Gasteiger partial charge on any atom is -0.493 e. The summed E-state index contributed by atoms with van der Waals surface area (Å²) in [6.07, 6.45) is 0.575. The fourth-order valence-electron chi connectivity index (χ4n) is 1.44. The lowest BCUT2D eigenvalue weighted by Crippen LogP contribution is -2.28. The first kappa shape index (κ1) is 14.5. The number of carbonyl (C=O) groups is 1. The lowest BCUT2D eigenvalue weighted by molar-refractivity contribution is -0.130. The summed E-state index contributed by atoms with van der Waals surface area (Å²) in [6.45, 7) is 0.684. The van der Waals surface area contributed by atoms with E-state index in [-0.39, 0.29) is 18.9 Å². The Bertz CT molecular complexity index is 514. The van der Waals surface area contributed by atoms with Crippen LogP contribution in [0.5, 0.6) is 5.75 Å². The third kappa shape index (κ3) is 5.10. The normalized spacial score (nSPS) is 9.21. The van der Waals surface area contributed by atoms with Crippen LogP contribution in [0.25, 0.3) is 0 Å². The van der Waals surface area contributed by atoms with Crippen molar-refractivity contribution in [3.8, 4) is 17.9 Å². The van der Waals surface area contributed by atoms with Crippen LogP contribution in [-0.2, 0) is 4.79 Å². The Kier molecular flexibility index (Phi) is 5.91. The molecule has 1 aromatic rings. The molecule has 0 saturated heterocycles. The molecule has 1 rings (SSSR count). The number of hydrogen-bond acceptors (Lipinski definition) is 4. The second-order valence-corrected chi connectivity index (χ2v) is 3.96. The van der Waals surface area contributed by atoms with Crippen LogP contribution in [0.4, 0.5) is 0 Å².